The summed E-state index contributed by atoms with van der Waals surface area (Å²) in [5, 5.41) is 0. The maximum absolute atomic E-state index is 13.5. The maximum Gasteiger partial charge on any atom is 0.310 e. The van der Waals surface area contributed by atoms with E-state index in [2.05, 4.69) is 60.6 Å². The van der Waals surface area contributed by atoms with Crippen LogP contribution in [0.4, 0.5) is 0 Å². The molecule has 0 aromatic rings. The minimum atomic E-state index is -0.494. The minimum absolute atomic E-state index is 0.0124. The molecule has 4 saturated carbocycles. The van der Waals surface area contributed by atoms with Crippen molar-refractivity contribution in [3.8, 4) is 0 Å². The second-order valence-corrected chi connectivity index (χ2v) is 15.5. The number of ether oxygens (including phenoxy) is 2. The number of rotatable bonds is 1. The predicted molar refractivity (Wildman–Crippen MR) is 140 cm³/mol. The molecule has 0 aromatic heterocycles. The highest BCUT2D eigenvalue weighted by Crippen LogP contribution is 2.78. The van der Waals surface area contributed by atoms with Gasteiger partial charge in [-0.1, -0.05) is 54.5 Å². The van der Waals surface area contributed by atoms with E-state index in [0.717, 1.165) is 44.9 Å². The Morgan fingerprint density at radius 1 is 0.972 bits per heavy atom. The summed E-state index contributed by atoms with van der Waals surface area (Å²) in [6.45, 7) is 18.6. The molecule has 11 atom stereocenters. The van der Waals surface area contributed by atoms with Gasteiger partial charge in [0.25, 0.3) is 0 Å². The van der Waals surface area contributed by atoms with Crippen molar-refractivity contribution in [1.29, 1.82) is 0 Å². The summed E-state index contributed by atoms with van der Waals surface area (Å²) in [5.41, 5.74) is -0.198. The van der Waals surface area contributed by atoms with Crippen LogP contribution < -0.4 is 0 Å². The molecule has 0 aromatic carbocycles. The Balaban J connectivity index is 1.47. The number of allylic oxidation sites excluding steroid dienone is 1. The fourth-order valence-electron chi connectivity index (χ4n) is 12.0. The van der Waals surface area contributed by atoms with E-state index in [-0.39, 0.29) is 51.0 Å². The lowest BCUT2D eigenvalue weighted by Crippen LogP contribution is -2.76. The van der Waals surface area contributed by atoms with Gasteiger partial charge in [0.05, 0.1) is 5.92 Å². The van der Waals surface area contributed by atoms with Crippen LogP contribution in [-0.2, 0) is 19.1 Å². The third-order valence-electron chi connectivity index (χ3n) is 14.0. The molecule has 1 aliphatic heterocycles. The van der Waals surface area contributed by atoms with Gasteiger partial charge in [-0.3, -0.25) is 9.59 Å². The number of carbonyl (C=O) groups is 2. The van der Waals surface area contributed by atoms with Crippen LogP contribution in [0.15, 0.2) is 12.2 Å². The number of carbonyl (C=O) groups excluding carboxylic acids is 2. The van der Waals surface area contributed by atoms with Gasteiger partial charge in [-0.25, -0.2) is 0 Å². The average Bonchev–Trinajstić information content (AvgIpc) is 2.76. The smallest absolute Gasteiger partial charge is 0.310 e. The summed E-state index contributed by atoms with van der Waals surface area (Å²) in [5.74, 6) is 1.66. The fraction of sp³-hybridized carbons (Fsp3) is 0.875. The van der Waals surface area contributed by atoms with Crippen molar-refractivity contribution in [2.45, 2.75) is 118 Å². The molecule has 5 fully saturated rings. The van der Waals surface area contributed by atoms with E-state index in [4.69, 9.17) is 9.47 Å². The first-order valence-corrected chi connectivity index (χ1v) is 14.8. The van der Waals surface area contributed by atoms with Gasteiger partial charge in [-0.05, 0) is 91.4 Å². The van der Waals surface area contributed by atoms with Crippen molar-refractivity contribution in [3.63, 3.8) is 0 Å². The third-order valence-corrected chi connectivity index (χ3v) is 14.0. The summed E-state index contributed by atoms with van der Waals surface area (Å²) in [6, 6.07) is 0. The van der Waals surface area contributed by atoms with Crippen LogP contribution in [0.1, 0.15) is 107 Å². The highest BCUT2D eigenvalue weighted by atomic mass is 16.6. The second kappa shape index (κ2) is 7.20. The van der Waals surface area contributed by atoms with Gasteiger partial charge in [-0.2, -0.15) is 0 Å². The molecule has 36 heavy (non-hydrogen) atoms. The Hall–Kier alpha value is -1.32. The largest absolute Gasteiger partial charge is 0.462 e. The van der Waals surface area contributed by atoms with Gasteiger partial charge in [0.2, 0.25) is 0 Å². The van der Waals surface area contributed by atoms with E-state index in [1.807, 2.05) is 0 Å². The van der Waals surface area contributed by atoms with Crippen LogP contribution >= 0.6 is 0 Å². The quantitative estimate of drug-likeness (QED) is 0.287. The topological polar surface area (TPSA) is 52.6 Å². The maximum atomic E-state index is 13.5. The Morgan fingerprint density at radius 3 is 2.39 bits per heavy atom. The van der Waals surface area contributed by atoms with Crippen molar-refractivity contribution in [1.82, 2.24) is 0 Å². The molecule has 6 aliphatic rings. The first-order valence-electron chi connectivity index (χ1n) is 14.8. The molecule has 11 unspecified atom stereocenters. The Morgan fingerprint density at radius 2 is 1.69 bits per heavy atom. The standard InChI is InChI=1S/C32H48O4/c1-19-21-9-13-28(5)17-18-31(8)30(7)15-10-22-27(3,4)24(35-20(2)33)12-14-29(22,6)23(30)11-16-32(31,25(19)28)36-26(21)34/h11,16,19,21-25H,9-10,12-15,17-18H2,1-8H3. The molecular formula is C32H48O4. The first kappa shape index (κ1) is 25.0. The first-order chi connectivity index (χ1) is 16.7. The molecule has 0 amide bonds. The number of hydrogen-bond donors (Lipinski definition) is 0. The van der Waals surface area contributed by atoms with Gasteiger partial charge in [0.1, 0.15) is 11.7 Å². The molecule has 0 radical (unpaired) electrons. The Kier molecular flexibility index (Phi) is 5.00. The molecule has 1 heterocycles. The van der Waals surface area contributed by atoms with Crippen LogP contribution in [0.3, 0.4) is 0 Å². The molecule has 2 bridgehead atoms. The molecule has 200 valence electrons. The minimum Gasteiger partial charge on any atom is -0.462 e. The van der Waals surface area contributed by atoms with Crippen molar-refractivity contribution >= 4 is 11.9 Å². The number of fused-ring (bicyclic) bond motifs is 5. The molecule has 6 rings (SSSR count). The monoisotopic (exact) mass is 496 g/mol. The summed E-state index contributed by atoms with van der Waals surface area (Å²) in [4.78, 5) is 25.4. The van der Waals surface area contributed by atoms with E-state index in [1.54, 1.807) is 6.92 Å². The zero-order valence-corrected chi connectivity index (χ0v) is 23.9. The van der Waals surface area contributed by atoms with E-state index < -0.39 is 5.60 Å². The van der Waals surface area contributed by atoms with E-state index in [0.29, 0.717) is 23.7 Å². The van der Waals surface area contributed by atoms with Crippen LogP contribution in [0.25, 0.3) is 0 Å². The van der Waals surface area contributed by atoms with Crippen LogP contribution in [0.5, 0.6) is 0 Å². The molecule has 1 saturated heterocycles. The van der Waals surface area contributed by atoms with Crippen LogP contribution in [-0.4, -0.2) is 23.6 Å². The number of hydrogen-bond acceptors (Lipinski definition) is 4. The lowest BCUT2D eigenvalue weighted by atomic mass is 9.31. The molecule has 4 heteroatoms. The van der Waals surface area contributed by atoms with Gasteiger partial charge in [-0.15, -0.1) is 0 Å². The lowest BCUT2D eigenvalue weighted by Gasteiger charge is -2.75. The van der Waals surface area contributed by atoms with E-state index in [9.17, 15) is 9.59 Å². The summed E-state index contributed by atoms with van der Waals surface area (Å²) in [6.07, 6.45) is 13.7. The van der Waals surface area contributed by atoms with Crippen molar-refractivity contribution in [3.05, 3.63) is 12.2 Å². The van der Waals surface area contributed by atoms with Gasteiger partial charge >= 0.3 is 11.9 Å². The SMILES string of the molecule is CC(=O)OC1CCC2(C)C(CCC3(C)C2C=CC24OC(=O)C5CCC(C)(CCC32C)C4C5C)C1(C)C. The Labute approximate surface area is 218 Å². The Bertz CT molecular complexity index is 1030. The van der Waals surface area contributed by atoms with Crippen molar-refractivity contribution < 1.29 is 19.1 Å². The summed E-state index contributed by atoms with van der Waals surface area (Å²) < 4.78 is 12.6. The van der Waals surface area contributed by atoms with E-state index >= 15 is 0 Å². The zero-order chi connectivity index (χ0) is 26.1. The van der Waals surface area contributed by atoms with Crippen molar-refractivity contribution in [2.75, 3.05) is 0 Å². The van der Waals surface area contributed by atoms with Gasteiger partial charge < -0.3 is 9.47 Å². The molecule has 0 N–H and O–H groups in total. The van der Waals surface area contributed by atoms with Crippen LogP contribution in [0, 0.1) is 56.7 Å². The van der Waals surface area contributed by atoms with Crippen molar-refractivity contribution in [2.24, 2.45) is 56.7 Å². The predicted octanol–water partition coefficient (Wildman–Crippen LogP) is 7.11. The van der Waals surface area contributed by atoms with Crippen LogP contribution in [0.2, 0.25) is 0 Å². The molecule has 5 aliphatic carbocycles. The summed E-state index contributed by atoms with van der Waals surface area (Å²) >= 11 is 0. The van der Waals surface area contributed by atoms with E-state index in [1.165, 1.54) is 6.42 Å². The summed E-state index contributed by atoms with van der Waals surface area (Å²) in [7, 11) is 0. The highest BCUT2D eigenvalue weighted by molar-refractivity contribution is 5.75. The fourth-order valence-corrected chi connectivity index (χ4v) is 12.0. The second-order valence-electron chi connectivity index (χ2n) is 15.5. The molecule has 1 spiro atoms. The third kappa shape index (κ3) is 2.68. The van der Waals surface area contributed by atoms with Gasteiger partial charge in [0.15, 0.2) is 0 Å². The molecular weight excluding hydrogens is 448 g/mol. The van der Waals surface area contributed by atoms with Gasteiger partial charge in [0, 0.05) is 23.7 Å². The molecule has 4 nitrogen and oxygen atoms in total. The average molecular weight is 497 g/mol. The highest BCUT2D eigenvalue weighted by Gasteiger charge is 2.77. The zero-order valence-electron chi connectivity index (χ0n) is 23.9. The lowest BCUT2D eigenvalue weighted by molar-refractivity contribution is -0.300. The number of esters is 2. The normalized spacial score (nSPS) is 56.5.